The Labute approximate surface area is 119 Å². The van der Waals surface area contributed by atoms with Crippen molar-refractivity contribution in [1.29, 1.82) is 0 Å². The van der Waals surface area contributed by atoms with Gasteiger partial charge < -0.3 is 10.2 Å². The summed E-state index contributed by atoms with van der Waals surface area (Å²) in [6.45, 7) is 6.60. The van der Waals surface area contributed by atoms with Gasteiger partial charge in [0.2, 0.25) is 0 Å². The van der Waals surface area contributed by atoms with Crippen molar-refractivity contribution in [2.45, 2.75) is 19.4 Å². The summed E-state index contributed by atoms with van der Waals surface area (Å²) in [5.41, 5.74) is 1.05. The standard InChI is InChI=1S/C15H23FN2S/c1-2-15(13-4-3-5-14(16)12-13)17-6-7-18-8-10-19-11-9-18/h3-5,12,15,17H,2,6-11H2,1H3. The molecular weight excluding hydrogens is 259 g/mol. The first kappa shape index (κ1) is 14.8. The second-order valence-corrected chi connectivity index (χ2v) is 6.15. The maximum Gasteiger partial charge on any atom is 0.123 e. The number of thioether (sulfide) groups is 1. The molecule has 1 heterocycles. The molecule has 0 amide bonds. The lowest BCUT2D eigenvalue weighted by atomic mass is 10.0. The summed E-state index contributed by atoms with van der Waals surface area (Å²) >= 11 is 2.04. The van der Waals surface area contributed by atoms with Gasteiger partial charge in [-0.2, -0.15) is 11.8 Å². The zero-order valence-electron chi connectivity index (χ0n) is 11.6. The second-order valence-electron chi connectivity index (χ2n) is 4.92. The molecule has 1 aromatic carbocycles. The number of rotatable bonds is 6. The van der Waals surface area contributed by atoms with Gasteiger partial charge in [-0.15, -0.1) is 0 Å². The Hall–Kier alpha value is -0.580. The molecule has 0 saturated carbocycles. The molecule has 106 valence electrons. The number of halogens is 1. The highest BCUT2D eigenvalue weighted by Crippen LogP contribution is 2.17. The lowest BCUT2D eigenvalue weighted by molar-refractivity contribution is 0.294. The third-order valence-electron chi connectivity index (χ3n) is 3.58. The van der Waals surface area contributed by atoms with Gasteiger partial charge in [-0.25, -0.2) is 4.39 Å². The molecule has 1 aliphatic heterocycles. The van der Waals surface area contributed by atoms with E-state index in [2.05, 4.69) is 17.1 Å². The van der Waals surface area contributed by atoms with Crippen molar-refractivity contribution in [3.05, 3.63) is 35.6 Å². The Balaban J connectivity index is 1.79. The summed E-state index contributed by atoms with van der Waals surface area (Å²) in [5, 5.41) is 3.55. The molecule has 0 aliphatic carbocycles. The lowest BCUT2D eigenvalue weighted by Gasteiger charge is -2.27. The molecule has 0 bridgehead atoms. The van der Waals surface area contributed by atoms with Crippen molar-refractivity contribution in [3.63, 3.8) is 0 Å². The Bertz CT molecular complexity index is 380. The fourth-order valence-electron chi connectivity index (χ4n) is 2.44. The number of hydrogen-bond donors (Lipinski definition) is 1. The van der Waals surface area contributed by atoms with Crippen LogP contribution in [0, 0.1) is 5.82 Å². The fourth-order valence-corrected chi connectivity index (χ4v) is 3.42. The summed E-state index contributed by atoms with van der Waals surface area (Å²) < 4.78 is 13.2. The van der Waals surface area contributed by atoms with E-state index < -0.39 is 0 Å². The monoisotopic (exact) mass is 282 g/mol. The van der Waals surface area contributed by atoms with Crippen molar-refractivity contribution in [2.24, 2.45) is 0 Å². The van der Waals surface area contributed by atoms with Gasteiger partial charge in [0, 0.05) is 43.7 Å². The average molecular weight is 282 g/mol. The zero-order valence-corrected chi connectivity index (χ0v) is 12.4. The highest BCUT2D eigenvalue weighted by atomic mass is 32.2. The molecule has 2 nitrogen and oxygen atoms in total. The second kappa shape index (κ2) is 7.88. The van der Waals surface area contributed by atoms with Gasteiger partial charge >= 0.3 is 0 Å². The minimum Gasteiger partial charge on any atom is -0.309 e. The first-order valence-electron chi connectivity index (χ1n) is 7.08. The van der Waals surface area contributed by atoms with Gasteiger partial charge in [-0.1, -0.05) is 19.1 Å². The van der Waals surface area contributed by atoms with Crippen LogP contribution in [0.2, 0.25) is 0 Å². The van der Waals surface area contributed by atoms with Gasteiger partial charge in [0.15, 0.2) is 0 Å². The van der Waals surface area contributed by atoms with Crippen molar-refractivity contribution >= 4 is 11.8 Å². The molecule has 4 heteroatoms. The summed E-state index contributed by atoms with van der Waals surface area (Å²) in [5.74, 6) is 2.35. The molecule has 1 N–H and O–H groups in total. The normalized spacial score (nSPS) is 18.4. The Kier molecular flexibility index (Phi) is 6.14. The maximum absolute atomic E-state index is 13.2. The number of nitrogens with one attached hydrogen (secondary N) is 1. The highest BCUT2D eigenvalue weighted by Gasteiger charge is 2.12. The van der Waals surface area contributed by atoms with Crippen LogP contribution in [0.1, 0.15) is 24.9 Å². The van der Waals surface area contributed by atoms with Crippen LogP contribution in [-0.2, 0) is 0 Å². The van der Waals surface area contributed by atoms with Gasteiger partial charge in [0.25, 0.3) is 0 Å². The molecule has 1 atom stereocenters. The van der Waals surface area contributed by atoms with Crippen LogP contribution in [0.4, 0.5) is 4.39 Å². The molecule has 1 unspecified atom stereocenters. The fraction of sp³-hybridized carbons (Fsp3) is 0.600. The predicted molar refractivity (Wildman–Crippen MR) is 81.2 cm³/mol. The van der Waals surface area contributed by atoms with E-state index in [-0.39, 0.29) is 11.9 Å². The van der Waals surface area contributed by atoms with E-state index in [1.54, 1.807) is 12.1 Å². The van der Waals surface area contributed by atoms with Crippen LogP contribution in [0.5, 0.6) is 0 Å². The summed E-state index contributed by atoms with van der Waals surface area (Å²) in [7, 11) is 0. The van der Waals surface area contributed by atoms with Gasteiger partial charge in [-0.3, -0.25) is 0 Å². The van der Waals surface area contributed by atoms with E-state index in [0.29, 0.717) is 0 Å². The average Bonchev–Trinajstić information content (AvgIpc) is 2.45. The van der Waals surface area contributed by atoms with E-state index in [1.165, 1.54) is 30.7 Å². The molecule has 19 heavy (non-hydrogen) atoms. The van der Waals surface area contributed by atoms with Crippen molar-refractivity contribution in [3.8, 4) is 0 Å². The smallest absolute Gasteiger partial charge is 0.123 e. The van der Waals surface area contributed by atoms with Crippen LogP contribution < -0.4 is 5.32 Å². The minimum absolute atomic E-state index is 0.147. The molecule has 1 saturated heterocycles. The van der Waals surface area contributed by atoms with Crippen LogP contribution in [0.15, 0.2) is 24.3 Å². The molecule has 1 aliphatic rings. The predicted octanol–water partition coefficient (Wildman–Crippen LogP) is 2.92. The Morgan fingerprint density at radius 1 is 1.37 bits per heavy atom. The van der Waals surface area contributed by atoms with Gasteiger partial charge in [0.05, 0.1) is 0 Å². The maximum atomic E-state index is 13.2. The number of hydrogen-bond acceptors (Lipinski definition) is 3. The summed E-state index contributed by atoms with van der Waals surface area (Å²) in [6, 6.07) is 7.19. The molecule has 1 aromatic rings. The van der Waals surface area contributed by atoms with E-state index in [9.17, 15) is 4.39 Å². The van der Waals surface area contributed by atoms with E-state index in [1.807, 2.05) is 17.8 Å². The van der Waals surface area contributed by atoms with Crippen molar-refractivity contribution in [2.75, 3.05) is 37.7 Å². The lowest BCUT2D eigenvalue weighted by Crippen LogP contribution is -2.38. The molecule has 0 spiro atoms. The topological polar surface area (TPSA) is 15.3 Å². The van der Waals surface area contributed by atoms with E-state index >= 15 is 0 Å². The first-order chi connectivity index (χ1) is 9.29. The summed E-state index contributed by atoms with van der Waals surface area (Å²) in [6.07, 6.45) is 0.985. The molecule has 0 aromatic heterocycles. The van der Waals surface area contributed by atoms with Crippen LogP contribution in [-0.4, -0.2) is 42.6 Å². The Morgan fingerprint density at radius 3 is 2.84 bits per heavy atom. The quantitative estimate of drug-likeness (QED) is 0.863. The largest absolute Gasteiger partial charge is 0.309 e. The van der Waals surface area contributed by atoms with Crippen molar-refractivity contribution in [1.82, 2.24) is 10.2 Å². The molecule has 1 fully saturated rings. The van der Waals surface area contributed by atoms with E-state index in [4.69, 9.17) is 0 Å². The van der Waals surface area contributed by atoms with Crippen LogP contribution in [0.25, 0.3) is 0 Å². The van der Waals surface area contributed by atoms with Gasteiger partial charge in [0.1, 0.15) is 5.82 Å². The first-order valence-corrected chi connectivity index (χ1v) is 8.24. The van der Waals surface area contributed by atoms with Crippen molar-refractivity contribution < 1.29 is 4.39 Å². The molecular formula is C15H23FN2S. The molecule has 0 radical (unpaired) electrons. The third kappa shape index (κ3) is 4.79. The SMILES string of the molecule is CCC(NCCN1CCSCC1)c1cccc(F)c1. The summed E-state index contributed by atoms with van der Waals surface area (Å²) in [4.78, 5) is 2.50. The Morgan fingerprint density at radius 2 is 2.16 bits per heavy atom. The number of nitrogens with zero attached hydrogens (tertiary/aromatic N) is 1. The molecule has 2 rings (SSSR count). The van der Waals surface area contributed by atoms with E-state index in [0.717, 1.165) is 25.1 Å². The van der Waals surface area contributed by atoms with Crippen LogP contribution >= 0.6 is 11.8 Å². The number of benzene rings is 1. The van der Waals surface area contributed by atoms with Crippen LogP contribution in [0.3, 0.4) is 0 Å². The van der Waals surface area contributed by atoms with Gasteiger partial charge in [-0.05, 0) is 24.1 Å². The third-order valence-corrected chi connectivity index (χ3v) is 4.52. The zero-order chi connectivity index (χ0) is 13.5. The highest BCUT2D eigenvalue weighted by molar-refractivity contribution is 7.99. The minimum atomic E-state index is -0.147.